The molecule has 94 valence electrons. The Bertz CT molecular complexity index is 496. The van der Waals surface area contributed by atoms with E-state index in [4.69, 9.17) is 5.73 Å². The van der Waals surface area contributed by atoms with Gasteiger partial charge in [-0.2, -0.15) is 0 Å². The predicted octanol–water partition coefficient (Wildman–Crippen LogP) is -1.06. The molecule has 0 spiro atoms. The Kier molecular flexibility index (Phi) is 3.27. The van der Waals surface area contributed by atoms with E-state index in [0.29, 0.717) is 12.0 Å². The zero-order valence-corrected chi connectivity index (χ0v) is 9.60. The third kappa shape index (κ3) is 2.65. The molecule has 4 N–H and O–H groups in total. The normalized spacial score (nSPS) is 19.0. The van der Waals surface area contributed by atoms with Gasteiger partial charge < -0.3 is 16.4 Å². The lowest BCUT2D eigenvalue weighted by Crippen LogP contribution is -2.56. The summed E-state index contributed by atoms with van der Waals surface area (Å²) in [6.45, 7) is 0.0238. The predicted molar refractivity (Wildman–Crippen MR) is 63.6 cm³/mol. The summed E-state index contributed by atoms with van der Waals surface area (Å²) in [4.78, 5) is 33.6. The summed E-state index contributed by atoms with van der Waals surface area (Å²) in [6, 6.07) is 6.06. The van der Waals surface area contributed by atoms with Crippen molar-refractivity contribution in [2.75, 3.05) is 6.54 Å². The van der Waals surface area contributed by atoms with Crippen LogP contribution in [0.25, 0.3) is 0 Å². The Labute approximate surface area is 104 Å². The van der Waals surface area contributed by atoms with Gasteiger partial charge in [-0.05, 0) is 17.7 Å². The van der Waals surface area contributed by atoms with Crippen LogP contribution in [0.5, 0.6) is 0 Å². The van der Waals surface area contributed by atoms with Crippen LogP contribution in [0.1, 0.15) is 15.9 Å². The summed E-state index contributed by atoms with van der Waals surface area (Å²) < 4.78 is 0. The average molecular weight is 247 g/mol. The molecule has 2 rings (SSSR count). The van der Waals surface area contributed by atoms with Gasteiger partial charge in [-0.1, -0.05) is 12.1 Å². The van der Waals surface area contributed by atoms with Crippen LogP contribution in [0.15, 0.2) is 24.3 Å². The lowest BCUT2D eigenvalue weighted by molar-refractivity contribution is -0.133. The summed E-state index contributed by atoms with van der Waals surface area (Å²) in [5, 5.41) is 5.12. The number of hydrogen-bond donors (Lipinski definition) is 3. The summed E-state index contributed by atoms with van der Waals surface area (Å²) in [5.41, 5.74) is 6.39. The molecule has 0 aromatic heterocycles. The average Bonchev–Trinajstić information content (AvgIpc) is 2.34. The highest BCUT2D eigenvalue weighted by Gasteiger charge is 2.25. The molecule has 1 atom stereocenters. The van der Waals surface area contributed by atoms with Crippen molar-refractivity contribution >= 4 is 17.7 Å². The Morgan fingerprint density at radius 2 is 1.94 bits per heavy atom. The molecule has 1 saturated heterocycles. The maximum atomic E-state index is 11.5. The minimum Gasteiger partial charge on any atom is -0.366 e. The molecule has 0 radical (unpaired) electrons. The molecule has 1 aromatic rings. The molecule has 1 aliphatic heterocycles. The third-order valence-corrected chi connectivity index (χ3v) is 2.75. The van der Waals surface area contributed by atoms with Gasteiger partial charge in [0.1, 0.15) is 6.04 Å². The van der Waals surface area contributed by atoms with Crippen LogP contribution in [0, 0.1) is 0 Å². The van der Waals surface area contributed by atoms with Crippen LogP contribution in [0.2, 0.25) is 0 Å². The highest BCUT2D eigenvalue weighted by atomic mass is 16.2. The van der Waals surface area contributed by atoms with E-state index in [9.17, 15) is 14.4 Å². The number of amides is 3. The minimum absolute atomic E-state index is 0.0238. The van der Waals surface area contributed by atoms with E-state index in [2.05, 4.69) is 10.6 Å². The molecule has 0 bridgehead atoms. The molecule has 0 aliphatic carbocycles. The quantitative estimate of drug-likeness (QED) is 0.634. The Hall–Kier alpha value is -2.37. The first kappa shape index (κ1) is 12.1. The van der Waals surface area contributed by atoms with Gasteiger partial charge in [0.2, 0.25) is 17.7 Å². The van der Waals surface area contributed by atoms with Gasteiger partial charge in [0.25, 0.3) is 0 Å². The summed E-state index contributed by atoms with van der Waals surface area (Å²) >= 11 is 0. The van der Waals surface area contributed by atoms with Crippen molar-refractivity contribution in [1.29, 1.82) is 0 Å². The van der Waals surface area contributed by atoms with Gasteiger partial charge >= 0.3 is 0 Å². The second-order valence-corrected chi connectivity index (χ2v) is 4.10. The molecule has 1 aliphatic rings. The first-order valence-electron chi connectivity index (χ1n) is 5.52. The van der Waals surface area contributed by atoms with Crippen molar-refractivity contribution in [3.05, 3.63) is 35.4 Å². The second-order valence-electron chi connectivity index (χ2n) is 4.10. The molecule has 6 heteroatoms. The topological polar surface area (TPSA) is 101 Å². The van der Waals surface area contributed by atoms with Crippen LogP contribution in [-0.4, -0.2) is 30.3 Å². The molecule has 0 saturated carbocycles. The van der Waals surface area contributed by atoms with Gasteiger partial charge in [-0.25, -0.2) is 0 Å². The minimum atomic E-state index is -0.564. The first-order chi connectivity index (χ1) is 8.56. The largest absolute Gasteiger partial charge is 0.366 e. The summed E-state index contributed by atoms with van der Waals surface area (Å²) in [5.74, 6) is -0.896. The molecule has 1 fully saturated rings. The molecular formula is C12H13N3O3. The van der Waals surface area contributed by atoms with E-state index in [1.807, 2.05) is 0 Å². The summed E-state index contributed by atoms with van der Waals surface area (Å²) in [6.07, 6.45) is 0.386. The SMILES string of the molecule is NC(=O)c1ccc(C[C@@H]2NC(=O)CNC2=O)cc1. The molecule has 18 heavy (non-hydrogen) atoms. The van der Waals surface area contributed by atoms with E-state index in [1.54, 1.807) is 24.3 Å². The van der Waals surface area contributed by atoms with Crippen molar-refractivity contribution in [1.82, 2.24) is 10.6 Å². The lowest BCUT2D eigenvalue weighted by atomic mass is 10.0. The molecular weight excluding hydrogens is 234 g/mol. The number of carbonyl (C=O) groups excluding carboxylic acids is 3. The first-order valence-corrected chi connectivity index (χ1v) is 5.52. The van der Waals surface area contributed by atoms with E-state index in [-0.39, 0.29) is 18.4 Å². The lowest BCUT2D eigenvalue weighted by Gasteiger charge is -2.23. The van der Waals surface area contributed by atoms with E-state index in [0.717, 1.165) is 5.56 Å². The number of nitrogens with one attached hydrogen (secondary N) is 2. The number of piperazine rings is 1. The van der Waals surface area contributed by atoms with Crippen molar-refractivity contribution in [2.24, 2.45) is 5.73 Å². The maximum Gasteiger partial charge on any atom is 0.248 e. The van der Waals surface area contributed by atoms with Crippen LogP contribution in [0.4, 0.5) is 0 Å². The second kappa shape index (κ2) is 4.87. The van der Waals surface area contributed by atoms with E-state index < -0.39 is 11.9 Å². The molecule has 0 unspecified atom stereocenters. The number of primary amides is 1. The standard InChI is InChI=1S/C12H13N3O3/c13-11(17)8-3-1-7(2-4-8)5-9-12(18)14-6-10(16)15-9/h1-4,9H,5-6H2,(H2,13,17)(H,14,18)(H,15,16)/t9-/m0/s1. The van der Waals surface area contributed by atoms with Gasteiger partial charge in [-0.3, -0.25) is 14.4 Å². The number of hydrogen-bond acceptors (Lipinski definition) is 3. The molecule has 3 amide bonds. The fourth-order valence-electron chi connectivity index (χ4n) is 1.79. The van der Waals surface area contributed by atoms with Gasteiger partial charge in [0, 0.05) is 12.0 Å². The number of nitrogens with two attached hydrogens (primary N) is 1. The molecule has 1 heterocycles. The molecule has 1 aromatic carbocycles. The fraction of sp³-hybridized carbons (Fsp3) is 0.250. The maximum absolute atomic E-state index is 11.5. The van der Waals surface area contributed by atoms with Crippen LogP contribution < -0.4 is 16.4 Å². The Balaban J connectivity index is 2.06. The van der Waals surface area contributed by atoms with Crippen molar-refractivity contribution in [2.45, 2.75) is 12.5 Å². The highest BCUT2D eigenvalue weighted by Crippen LogP contribution is 2.08. The summed E-state index contributed by atoms with van der Waals surface area (Å²) in [7, 11) is 0. The smallest absolute Gasteiger partial charge is 0.248 e. The highest BCUT2D eigenvalue weighted by molar-refractivity contribution is 5.95. The molecule has 6 nitrogen and oxygen atoms in total. The monoisotopic (exact) mass is 247 g/mol. The number of rotatable bonds is 3. The fourth-order valence-corrected chi connectivity index (χ4v) is 1.79. The van der Waals surface area contributed by atoms with Crippen LogP contribution in [0.3, 0.4) is 0 Å². The van der Waals surface area contributed by atoms with Crippen LogP contribution in [-0.2, 0) is 16.0 Å². The van der Waals surface area contributed by atoms with Crippen molar-refractivity contribution in [3.8, 4) is 0 Å². The van der Waals surface area contributed by atoms with Gasteiger partial charge in [0.05, 0.1) is 6.54 Å². The van der Waals surface area contributed by atoms with Crippen LogP contribution >= 0.6 is 0 Å². The van der Waals surface area contributed by atoms with Crippen molar-refractivity contribution in [3.63, 3.8) is 0 Å². The number of carbonyl (C=O) groups is 3. The van der Waals surface area contributed by atoms with E-state index >= 15 is 0 Å². The Morgan fingerprint density at radius 1 is 1.28 bits per heavy atom. The van der Waals surface area contributed by atoms with Gasteiger partial charge in [-0.15, -0.1) is 0 Å². The van der Waals surface area contributed by atoms with Gasteiger partial charge in [0.15, 0.2) is 0 Å². The zero-order valence-electron chi connectivity index (χ0n) is 9.60. The van der Waals surface area contributed by atoms with E-state index in [1.165, 1.54) is 0 Å². The Morgan fingerprint density at radius 3 is 2.56 bits per heavy atom. The van der Waals surface area contributed by atoms with Crippen molar-refractivity contribution < 1.29 is 14.4 Å². The third-order valence-electron chi connectivity index (χ3n) is 2.75. The number of benzene rings is 1. The zero-order chi connectivity index (χ0) is 13.1.